The Labute approximate surface area is 180 Å². The Balaban J connectivity index is 1.27. The first kappa shape index (κ1) is 20.3. The molecule has 0 aliphatic heterocycles. The first-order valence-electron chi connectivity index (χ1n) is 10.1. The molecule has 6 heteroatoms. The summed E-state index contributed by atoms with van der Waals surface area (Å²) in [7, 11) is 0. The largest absolute Gasteiger partial charge is 0.478 e. The Morgan fingerprint density at radius 2 is 1.71 bits per heavy atom. The van der Waals surface area contributed by atoms with Crippen molar-refractivity contribution in [2.45, 2.75) is 12.3 Å². The van der Waals surface area contributed by atoms with E-state index in [2.05, 4.69) is 34.6 Å². The number of amides is 1. The molecule has 0 fully saturated rings. The number of ether oxygens (including phenoxy) is 1. The molecule has 2 aromatic carbocycles. The Kier molecular flexibility index (Phi) is 6.08. The molecule has 4 rings (SSSR count). The van der Waals surface area contributed by atoms with E-state index in [0.29, 0.717) is 18.7 Å². The smallest absolute Gasteiger partial charge is 0.407 e. The molecule has 156 valence electrons. The summed E-state index contributed by atoms with van der Waals surface area (Å²) in [6.45, 7) is 0.688. The summed E-state index contributed by atoms with van der Waals surface area (Å²) in [5.41, 5.74) is 5.48. The third-order valence-corrected chi connectivity index (χ3v) is 5.24. The van der Waals surface area contributed by atoms with Gasteiger partial charge in [0.15, 0.2) is 0 Å². The number of aromatic nitrogens is 1. The number of pyridine rings is 1. The Morgan fingerprint density at radius 3 is 2.39 bits per heavy atom. The quantitative estimate of drug-likeness (QED) is 0.546. The van der Waals surface area contributed by atoms with Crippen molar-refractivity contribution in [2.24, 2.45) is 0 Å². The highest BCUT2D eigenvalue weighted by molar-refractivity contribution is 5.88. The van der Waals surface area contributed by atoms with Crippen molar-refractivity contribution < 1.29 is 19.4 Å². The Hall–Kier alpha value is -3.93. The van der Waals surface area contributed by atoms with Crippen LogP contribution < -0.4 is 5.32 Å². The van der Waals surface area contributed by atoms with Crippen LogP contribution in [0, 0.1) is 0 Å². The van der Waals surface area contributed by atoms with Gasteiger partial charge in [-0.1, -0.05) is 54.6 Å². The number of nitrogens with one attached hydrogen (secondary N) is 1. The average Bonchev–Trinajstić information content (AvgIpc) is 3.11. The SMILES string of the molecule is O=C(NCCC=Cc1cc(C(=O)O)ccn1)OCC1c2ccccc2-c2ccccc21. The topological polar surface area (TPSA) is 88.5 Å². The number of hydrogen-bond acceptors (Lipinski definition) is 4. The summed E-state index contributed by atoms with van der Waals surface area (Å²) in [5, 5.41) is 11.7. The van der Waals surface area contributed by atoms with Crippen LogP contribution in [0.1, 0.15) is 39.5 Å². The molecule has 1 aliphatic rings. The van der Waals surface area contributed by atoms with Crippen molar-refractivity contribution in [3.8, 4) is 11.1 Å². The van der Waals surface area contributed by atoms with Crippen molar-refractivity contribution >= 4 is 18.1 Å². The van der Waals surface area contributed by atoms with Crippen LogP contribution in [0.15, 0.2) is 72.9 Å². The summed E-state index contributed by atoms with van der Waals surface area (Å²) in [5.74, 6) is -0.959. The van der Waals surface area contributed by atoms with Crippen LogP contribution in [-0.2, 0) is 4.74 Å². The molecule has 1 aliphatic carbocycles. The highest BCUT2D eigenvalue weighted by atomic mass is 16.5. The number of carbonyl (C=O) groups is 2. The first-order valence-corrected chi connectivity index (χ1v) is 10.1. The summed E-state index contributed by atoms with van der Waals surface area (Å²) < 4.78 is 5.49. The molecule has 31 heavy (non-hydrogen) atoms. The molecule has 0 atom stereocenters. The monoisotopic (exact) mass is 414 g/mol. The van der Waals surface area contributed by atoms with E-state index < -0.39 is 12.1 Å². The molecule has 0 spiro atoms. The van der Waals surface area contributed by atoms with Crippen LogP contribution >= 0.6 is 0 Å². The van der Waals surface area contributed by atoms with E-state index in [9.17, 15) is 9.59 Å². The van der Waals surface area contributed by atoms with E-state index in [1.165, 1.54) is 40.6 Å². The van der Waals surface area contributed by atoms with E-state index >= 15 is 0 Å². The van der Waals surface area contributed by atoms with Crippen molar-refractivity contribution in [1.29, 1.82) is 0 Å². The van der Waals surface area contributed by atoms with Crippen molar-refractivity contribution in [2.75, 3.05) is 13.2 Å². The van der Waals surface area contributed by atoms with Gasteiger partial charge in [-0.25, -0.2) is 9.59 Å². The van der Waals surface area contributed by atoms with Gasteiger partial charge < -0.3 is 15.2 Å². The number of rotatable bonds is 7. The lowest BCUT2D eigenvalue weighted by Crippen LogP contribution is -2.26. The van der Waals surface area contributed by atoms with E-state index in [4.69, 9.17) is 9.84 Å². The highest BCUT2D eigenvalue weighted by Crippen LogP contribution is 2.44. The maximum atomic E-state index is 12.1. The standard InChI is InChI=1S/C25H22N2O4/c28-24(29)17-12-14-26-18(15-17)7-5-6-13-27-25(30)31-16-23-21-10-3-1-8-19(21)20-9-2-4-11-22(20)23/h1-5,7-12,14-15,23H,6,13,16H2,(H,27,30)(H,28,29). The minimum absolute atomic E-state index is 0.0330. The Morgan fingerprint density at radius 1 is 1.03 bits per heavy atom. The molecule has 0 unspecified atom stereocenters. The van der Waals surface area contributed by atoms with E-state index in [1.54, 1.807) is 6.08 Å². The van der Waals surface area contributed by atoms with Gasteiger partial charge in [-0.05, 0) is 46.9 Å². The van der Waals surface area contributed by atoms with Gasteiger partial charge in [-0.2, -0.15) is 0 Å². The lowest BCUT2D eigenvalue weighted by atomic mass is 9.98. The molecular formula is C25H22N2O4. The normalized spacial score (nSPS) is 12.4. The summed E-state index contributed by atoms with van der Waals surface area (Å²) in [4.78, 5) is 27.2. The maximum Gasteiger partial charge on any atom is 0.407 e. The molecule has 6 nitrogen and oxygen atoms in total. The van der Waals surface area contributed by atoms with Crippen LogP contribution in [0.4, 0.5) is 4.79 Å². The predicted octanol–water partition coefficient (Wildman–Crippen LogP) is 4.72. The summed E-state index contributed by atoms with van der Waals surface area (Å²) >= 11 is 0. The first-order chi connectivity index (χ1) is 15.1. The number of benzene rings is 2. The van der Waals surface area contributed by atoms with E-state index in [1.807, 2.05) is 30.3 Å². The van der Waals surface area contributed by atoms with Crippen LogP contribution in [0.25, 0.3) is 17.2 Å². The van der Waals surface area contributed by atoms with Gasteiger partial charge in [0.1, 0.15) is 6.61 Å². The zero-order valence-electron chi connectivity index (χ0n) is 16.8. The number of carboxylic acids is 1. The molecular weight excluding hydrogens is 392 g/mol. The number of alkyl carbamates (subject to hydrolysis) is 1. The number of aromatic carboxylic acids is 1. The van der Waals surface area contributed by atoms with Crippen LogP contribution in [0.3, 0.4) is 0 Å². The fourth-order valence-electron chi connectivity index (χ4n) is 3.78. The third kappa shape index (κ3) is 4.64. The lowest BCUT2D eigenvalue weighted by Gasteiger charge is -2.14. The molecule has 0 saturated carbocycles. The number of carboxylic acid groups (broad SMARTS) is 1. The second-order valence-corrected chi connectivity index (χ2v) is 7.22. The third-order valence-electron chi connectivity index (χ3n) is 5.24. The minimum atomic E-state index is -0.992. The minimum Gasteiger partial charge on any atom is -0.478 e. The molecule has 2 N–H and O–H groups in total. The fraction of sp³-hybridized carbons (Fsp3) is 0.160. The van der Waals surface area contributed by atoms with E-state index in [0.717, 1.165) is 0 Å². The second-order valence-electron chi connectivity index (χ2n) is 7.22. The zero-order valence-corrected chi connectivity index (χ0v) is 16.8. The van der Waals surface area contributed by atoms with Crippen LogP contribution in [0.5, 0.6) is 0 Å². The average molecular weight is 414 g/mol. The zero-order chi connectivity index (χ0) is 21.6. The Bertz CT molecular complexity index is 1090. The molecule has 0 bridgehead atoms. The summed E-state index contributed by atoms with van der Waals surface area (Å²) in [6, 6.07) is 19.4. The molecule has 0 radical (unpaired) electrons. The van der Waals surface area contributed by atoms with Gasteiger partial charge in [0, 0.05) is 18.7 Å². The van der Waals surface area contributed by atoms with Crippen molar-refractivity contribution in [3.63, 3.8) is 0 Å². The van der Waals surface area contributed by atoms with Gasteiger partial charge in [-0.15, -0.1) is 0 Å². The van der Waals surface area contributed by atoms with Gasteiger partial charge in [0.2, 0.25) is 0 Å². The summed E-state index contributed by atoms with van der Waals surface area (Å²) in [6.07, 6.45) is 5.13. The van der Waals surface area contributed by atoms with Crippen LogP contribution in [-0.4, -0.2) is 35.3 Å². The van der Waals surface area contributed by atoms with E-state index in [-0.39, 0.29) is 18.1 Å². The lowest BCUT2D eigenvalue weighted by molar-refractivity contribution is 0.0696. The molecule has 1 heterocycles. The highest BCUT2D eigenvalue weighted by Gasteiger charge is 2.28. The molecule has 0 saturated heterocycles. The maximum absolute atomic E-state index is 12.1. The fourth-order valence-corrected chi connectivity index (χ4v) is 3.78. The molecule has 1 amide bonds. The number of hydrogen-bond donors (Lipinski definition) is 2. The second kappa shape index (κ2) is 9.26. The van der Waals surface area contributed by atoms with Crippen molar-refractivity contribution in [3.05, 3.63) is 95.3 Å². The molecule has 1 aromatic heterocycles. The van der Waals surface area contributed by atoms with Crippen molar-refractivity contribution in [1.82, 2.24) is 10.3 Å². The number of carbonyl (C=O) groups excluding carboxylic acids is 1. The number of fused-ring (bicyclic) bond motifs is 3. The van der Waals surface area contributed by atoms with Gasteiger partial charge in [0.05, 0.1) is 11.3 Å². The van der Waals surface area contributed by atoms with Crippen LogP contribution in [0.2, 0.25) is 0 Å². The van der Waals surface area contributed by atoms with Gasteiger partial charge in [0.25, 0.3) is 0 Å². The molecule has 3 aromatic rings. The van der Waals surface area contributed by atoms with Gasteiger partial charge in [-0.3, -0.25) is 4.98 Å². The predicted molar refractivity (Wildman–Crippen MR) is 118 cm³/mol. The number of nitrogens with zero attached hydrogens (tertiary/aromatic N) is 1. The van der Waals surface area contributed by atoms with Gasteiger partial charge >= 0.3 is 12.1 Å².